The van der Waals surface area contributed by atoms with E-state index in [9.17, 15) is 22.4 Å². The lowest BCUT2D eigenvalue weighted by Crippen LogP contribution is -2.18. The van der Waals surface area contributed by atoms with Crippen molar-refractivity contribution in [3.63, 3.8) is 0 Å². The minimum atomic E-state index is -4.63. The summed E-state index contributed by atoms with van der Waals surface area (Å²) >= 11 is 0. The van der Waals surface area contributed by atoms with Gasteiger partial charge in [-0.15, -0.1) is 0 Å². The van der Waals surface area contributed by atoms with Crippen LogP contribution in [0.25, 0.3) is 0 Å². The number of rotatable bonds is 5. The number of hydrogen-bond donors (Lipinski definition) is 2. The fourth-order valence-electron chi connectivity index (χ4n) is 2.28. The maximum atomic E-state index is 13.0. The van der Waals surface area contributed by atoms with Crippen LogP contribution in [0.1, 0.15) is 21.7 Å². The Morgan fingerprint density at radius 1 is 0.964 bits per heavy atom. The predicted molar refractivity (Wildman–Crippen MR) is 93.0 cm³/mol. The Hall–Kier alpha value is -3.56. The molecule has 144 valence electrons. The highest BCUT2D eigenvalue weighted by atomic mass is 19.4. The molecule has 1 amide bonds. The average molecular weight is 391 g/mol. The lowest BCUT2D eigenvalue weighted by atomic mass is 10.2. The minimum Gasteiger partial charge on any atom is -0.364 e. The third-order valence-corrected chi connectivity index (χ3v) is 3.59. The molecule has 2 aromatic heterocycles. The number of amides is 1. The quantitative estimate of drug-likeness (QED) is 0.645. The van der Waals surface area contributed by atoms with Crippen LogP contribution in [0.4, 0.5) is 29.1 Å². The number of aromatic nitrogens is 3. The first-order valence-electron chi connectivity index (χ1n) is 7.97. The molecule has 3 aromatic rings. The molecule has 6 nitrogen and oxygen atoms in total. The van der Waals surface area contributed by atoms with Crippen LogP contribution in [-0.2, 0) is 12.7 Å². The summed E-state index contributed by atoms with van der Waals surface area (Å²) in [5, 5.41) is 5.25. The highest BCUT2D eigenvalue weighted by molar-refractivity contribution is 6.05. The number of anilines is 2. The summed E-state index contributed by atoms with van der Waals surface area (Å²) in [4.78, 5) is 23.6. The van der Waals surface area contributed by atoms with E-state index < -0.39 is 17.8 Å². The van der Waals surface area contributed by atoms with Gasteiger partial charge in [0.05, 0.1) is 0 Å². The van der Waals surface area contributed by atoms with Crippen molar-refractivity contribution >= 4 is 17.4 Å². The van der Waals surface area contributed by atoms with Gasteiger partial charge >= 0.3 is 6.18 Å². The number of nitrogens with zero attached hydrogens (tertiary/aromatic N) is 3. The summed E-state index contributed by atoms with van der Waals surface area (Å²) in [7, 11) is 0. The number of pyridine rings is 1. The maximum Gasteiger partial charge on any atom is 0.433 e. The number of alkyl halides is 3. The second-order valence-electron chi connectivity index (χ2n) is 5.62. The summed E-state index contributed by atoms with van der Waals surface area (Å²) in [6.07, 6.45) is -1.04. The van der Waals surface area contributed by atoms with Crippen LogP contribution in [0.5, 0.6) is 0 Å². The van der Waals surface area contributed by atoms with Gasteiger partial charge in [0.25, 0.3) is 5.91 Å². The van der Waals surface area contributed by atoms with E-state index in [-0.39, 0.29) is 29.6 Å². The van der Waals surface area contributed by atoms with Gasteiger partial charge in [0.1, 0.15) is 11.5 Å². The second-order valence-corrected chi connectivity index (χ2v) is 5.62. The fourth-order valence-corrected chi connectivity index (χ4v) is 2.28. The highest BCUT2D eigenvalue weighted by Gasteiger charge is 2.32. The molecule has 1 aromatic carbocycles. The van der Waals surface area contributed by atoms with Gasteiger partial charge < -0.3 is 10.6 Å². The molecule has 0 saturated carbocycles. The first-order chi connectivity index (χ1) is 13.3. The smallest absolute Gasteiger partial charge is 0.364 e. The van der Waals surface area contributed by atoms with E-state index in [1.165, 1.54) is 30.6 Å². The molecule has 3 rings (SSSR count). The summed E-state index contributed by atoms with van der Waals surface area (Å²) in [6.45, 7) is 0.243. The van der Waals surface area contributed by atoms with Crippen LogP contribution in [0.3, 0.4) is 0 Å². The van der Waals surface area contributed by atoms with Gasteiger partial charge in [-0.25, -0.2) is 14.4 Å². The van der Waals surface area contributed by atoms with Crippen molar-refractivity contribution in [2.45, 2.75) is 12.7 Å². The zero-order valence-corrected chi connectivity index (χ0v) is 14.2. The van der Waals surface area contributed by atoms with Gasteiger partial charge in [0.15, 0.2) is 11.5 Å². The molecule has 2 heterocycles. The van der Waals surface area contributed by atoms with E-state index in [0.717, 1.165) is 17.8 Å². The van der Waals surface area contributed by atoms with E-state index in [2.05, 4.69) is 25.6 Å². The molecular formula is C18H13F4N5O. The number of carbonyl (C=O) groups excluding carboxylic acids is 1. The SMILES string of the molecule is O=C(Nc1ccnc(C(F)(F)F)c1)c1nccnc1NCc1ccc(F)cc1. The third-order valence-electron chi connectivity index (χ3n) is 3.59. The van der Waals surface area contributed by atoms with Gasteiger partial charge in [-0.3, -0.25) is 9.78 Å². The molecule has 0 radical (unpaired) electrons. The number of benzene rings is 1. The Kier molecular flexibility index (Phi) is 5.48. The van der Waals surface area contributed by atoms with E-state index in [1.807, 2.05) is 0 Å². The Labute approximate surface area is 156 Å². The monoisotopic (exact) mass is 391 g/mol. The molecule has 2 N–H and O–H groups in total. The number of carbonyl (C=O) groups is 1. The van der Waals surface area contributed by atoms with Gasteiger partial charge in [-0.05, 0) is 29.8 Å². The van der Waals surface area contributed by atoms with Crippen LogP contribution in [0, 0.1) is 5.82 Å². The standard InChI is InChI=1S/C18H13F4N5O/c19-12-3-1-11(2-4-12)10-26-16-15(24-7-8-25-16)17(28)27-13-5-6-23-14(9-13)18(20,21)22/h1-9H,10H2,(H,25,26)(H,23,27,28). The number of hydrogen-bond acceptors (Lipinski definition) is 5. The molecule has 0 spiro atoms. The largest absolute Gasteiger partial charge is 0.433 e. The van der Waals surface area contributed by atoms with E-state index in [4.69, 9.17) is 0 Å². The summed E-state index contributed by atoms with van der Waals surface area (Å²) in [6, 6.07) is 7.67. The normalized spacial score (nSPS) is 11.1. The maximum absolute atomic E-state index is 13.0. The fraction of sp³-hybridized carbons (Fsp3) is 0.111. The van der Waals surface area contributed by atoms with E-state index in [0.29, 0.717) is 0 Å². The number of nitrogens with one attached hydrogen (secondary N) is 2. The van der Waals surface area contributed by atoms with Crippen LogP contribution in [0.15, 0.2) is 55.0 Å². The molecular weight excluding hydrogens is 378 g/mol. The lowest BCUT2D eigenvalue weighted by Gasteiger charge is -2.11. The zero-order chi connectivity index (χ0) is 20.1. The van der Waals surface area contributed by atoms with Gasteiger partial charge in [0, 0.05) is 30.8 Å². The van der Waals surface area contributed by atoms with Crippen molar-refractivity contribution in [2.24, 2.45) is 0 Å². The first kappa shape index (κ1) is 19.2. The molecule has 0 aliphatic carbocycles. The molecule has 0 aliphatic rings. The Morgan fingerprint density at radius 2 is 1.68 bits per heavy atom. The molecule has 0 aliphatic heterocycles. The summed E-state index contributed by atoms with van der Waals surface area (Å²) in [5.41, 5.74) is -0.570. The van der Waals surface area contributed by atoms with Crippen molar-refractivity contribution in [1.29, 1.82) is 0 Å². The van der Waals surface area contributed by atoms with E-state index >= 15 is 0 Å². The predicted octanol–water partition coefficient (Wildman–Crippen LogP) is 3.89. The first-order valence-corrected chi connectivity index (χ1v) is 7.97. The van der Waals surface area contributed by atoms with E-state index in [1.54, 1.807) is 12.1 Å². The molecule has 0 fully saturated rings. The van der Waals surface area contributed by atoms with Crippen molar-refractivity contribution in [2.75, 3.05) is 10.6 Å². The zero-order valence-electron chi connectivity index (χ0n) is 14.2. The molecule has 28 heavy (non-hydrogen) atoms. The van der Waals surface area contributed by atoms with Gasteiger partial charge in [-0.2, -0.15) is 13.2 Å². The van der Waals surface area contributed by atoms with Crippen LogP contribution < -0.4 is 10.6 Å². The summed E-state index contributed by atoms with van der Waals surface area (Å²) in [5.74, 6) is -0.984. The summed E-state index contributed by atoms with van der Waals surface area (Å²) < 4.78 is 51.2. The van der Waals surface area contributed by atoms with Crippen LogP contribution >= 0.6 is 0 Å². The molecule has 10 heteroatoms. The van der Waals surface area contributed by atoms with Crippen molar-refractivity contribution in [3.05, 3.63) is 77.8 Å². The Balaban J connectivity index is 1.75. The lowest BCUT2D eigenvalue weighted by molar-refractivity contribution is -0.141. The van der Waals surface area contributed by atoms with Gasteiger partial charge in [-0.1, -0.05) is 12.1 Å². The molecule has 0 unspecified atom stereocenters. The van der Waals surface area contributed by atoms with Crippen molar-refractivity contribution in [3.8, 4) is 0 Å². The number of halogens is 4. The second kappa shape index (κ2) is 7.99. The van der Waals surface area contributed by atoms with Crippen molar-refractivity contribution in [1.82, 2.24) is 15.0 Å². The highest BCUT2D eigenvalue weighted by Crippen LogP contribution is 2.29. The molecule has 0 atom stereocenters. The van der Waals surface area contributed by atoms with Crippen molar-refractivity contribution < 1.29 is 22.4 Å². The Morgan fingerprint density at radius 3 is 2.39 bits per heavy atom. The Bertz CT molecular complexity index is 976. The third kappa shape index (κ3) is 4.78. The van der Waals surface area contributed by atoms with Crippen LogP contribution in [-0.4, -0.2) is 20.9 Å². The van der Waals surface area contributed by atoms with Gasteiger partial charge in [0.2, 0.25) is 0 Å². The average Bonchev–Trinajstić information content (AvgIpc) is 2.67. The van der Waals surface area contributed by atoms with Crippen LogP contribution in [0.2, 0.25) is 0 Å². The topological polar surface area (TPSA) is 79.8 Å². The molecule has 0 bridgehead atoms. The molecule has 0 saturated heterocycles. The minimum absolute atomic E-state index is 0.0811.